The number of nitrogens with one attached hydrogen (secondary N) is 1. The third-order valence-electron chi connectivity index (χ3n) is 6.30. The summed E-state index contributed by atoms with van der Waals surface area (Å²) >= 11 is 3.50. The molecule has 1 aliphatic heterocycles. The highest BCUT2D eigenvalue weighted by atomic mass is 79.9. The van der Waals surface area contributed by atoms with E-state index in [1.807, 2.05) is 25.1 Å². The highest BCUT2D eigenvalue weighted by Crippen LogP contribution is 2.30. The molecule has 0 bridgehead atoms. The molecule has 4 rings (SSSR count). The monoisotopic (exact) mass is 518 g/mol. The summed E-state index contributed by atoms with van der Waals surface area (Å²) in [4.78, 5) is 15.5. The molecule has 0 saturated carbocycles. The van der Waals surface area contributed by atoms with Gasteiger partial charge in [0.25, 0.3) is 5.91 Å². The van der Waals surface area contributed by atoms with Gasteiger partial charge in [0.2, 0.25) is 0 Å². The van der Waals surface area contributed by atoms with Crippen LogP contribution in [0.1, 0.15) is 66.9 Å². The van der Waals surface area contributed by atoms with Crippen LogP contribution in [-0.2, 0) is 5.41 Å². The molecule has 0 radical (unpaired) electrons. The van der Waals surface area contributed by atoms with Gasteiger partial charge < -0.3 is 9.73 Å². The van der Waals surface area contributed by atoms with Gasteiger partial charge in [0, 0.05) is 22.0 Å². The molecule has 1 aliphatic rings. The fourth-order valence-corrected chi connectivity index (χ4v) is 4.76. The number of benzene rings is 2. The van der Waals surface area contributed by atoms with Crippen LogP contribution in [0.4, 0.5) is 0 Å². The van der Waals surface area contributed by atoms with Crippen molar-refractivity contribution in [3.05, 3.63) is 69.4 Å². The van der Waals surface area contributed by atoms with Crippen molar-refractivity contribution < 1.29 is 9.21 Å². The van der Waals surface area contributed by atoms with Crippen LogP contribution in [-0.4, -0.2) is 30.4 Å². The maximum atomic E-state index is 13.0. The fraction of sp³-hybridized carbons (Fsp3) is 0.423. The van der Waals surface area contributed by atoms with Gasteiger partial charge in [-0.1, -0.05) is 61.0 Å². The van der Waals surface area contributed by atoms with E-state index in [2.05, 4.69) is 71.2 Å². The van der Waals surface area contributed by atoms with Gasteiger partial charge in [0.1, 0.15) is 5.58 Å². The molecule has 1 N–H and O–H groups in total. The Kier molecular flexibility index (Phi) is 7.74. The third-order valence-corrected chi connectivity index (χ3v) is 6.80. The zero-order chi connectivity index (χ0) is 22.2. The van der Waals surface area contributed by atoms with Gasteiger partial charge in [-0.3, -0.25) is 9.69 Å². The van der Waals surface area contributed by atoms with Gasteiger partial charge >= 0.3 is 0 Å². The molecule has 1 amide bonds. The largest absolute Gasteiger partial charge is 0.451 e. The van der Waals surface area contributed by atoms with Crippen molar-refractivity contribution in [1.82, 2.24) is 10.2 Å². The summed E-state index contributed by atoms with van der Waals surface area (Å²) in [6.45, 7) is 11.3. The van der Waals surface area contributed by atoms with Crippen molar-refractivity contribution in [3.8, 4) is 0 Å². The second-order valence-electron chi connectivity index (χ2n) is 9.54. The Morgan fingerprint density at radius 3 is 2.41 bits per heavy atom. The number of halogens is 2. The van der Waals surface area contributed by atoms with E-state index in [1.54, 1.807) is 0 Å². The molecule has 1 saturated heterocycles. The van der Waals surface area contributed by atoms with Crippen LogP contribution >= 0.6 is 28.3 Å². The van der Waals surface area contributed by atoms with Gasteiger partial charge in [0.05, 0.1) is 6.04 Å². The van der Waals surface area contributed by atoms with E-state index < -0.39 is 0 Å². The summed E-state index contributed by atoms with van der Waals surface area (Å²) in [5, 5.41) is 4.12. The predicted octanol–water partition coefficient (Wildman–Crippen LogP) is 6.79. The van der Waals surface area contributed by atoms with Gasteiger partial charge in [-0.2, -0.15) is 0 Å². The zero-order valence-electron chi connectivity index (χ0n) is 19.2. The van der Waals surface area contributed by atoms with Crippen LogP contribution in [0, 0.1) is 6.92 Å². The Balaban J connectivity index is 0.00000289. The molecular formula is C26H32BrClN2O2. The first-order chi connectivity index (χ1) is 14.7. The molecule has 172 valence electrons. The highest BCUT2D eigenvalue weighted by Gasteiger charge is 2.26. The lowest BCUT2D eigenvalue weighted by molar-refractivity contribution is 0.0911. The number of hydrogen-bond acceptors (Lipinski definition) is 3. The van der Waals surface area contributed by atoms with Crippen molar-refractivity contribution in [2.75, 3.05) is 19.6 Å². The quantitative estimate of drug-likeness (QED) is 0.404. The first-order valence-corrected chi connectivity index (χ1v) is 11.8. The fourth-order valence-electron chi connectivity index (χ4n) is 4.40. The van der Waals surface area contributed by atoms with E-state index in [9.17, 15) is 4.79 Å². The van der Waals surface area contributed by atoms with Crippen molar-refractivity contribution >= 4 is 45.2 Å². The number of fused-ring (bicyclic) bond motifs is 1. The van der Waals surface area contributed by atoms with Crippen molar-refractivity contribution in [3.63, 3.8) is 0 Å². The number of hydrogen-bond donors (Lipinski definition) is 1. The minimum absolute atomic E-state index is 0. The van der Waals surface area contributed by atoms with E-state index >= 15 is 0 Å². The van der Waals surface area contributed by atoms with Crippen molar-refractivity contribution in [2.45, 2.75) is 52.0 Å². The number of likely N-dealkylation sites (tertiary alicyclic amines) is 1. The average Bonchev–Trinajstić information content (AvgIpc) is 3.37. The highest BCUT2D eigenvalue weighted by molar-refractivity contribution is 9.10. The number of aryl methyl sites for hydroxylation is 1. The molecule has 3 aromatic rings. The second kappa shape index (κ2) is 9.98. The Morgan fingerprint density at radius 2 is 1.78 bits per heavy atom. The first-order valence-electron chi connectivity index (χ1n) is 11.1. The standard InChI is InChI=1S/C26H31BrN2O2.ClH/c1-17-21-15-20(27)11-12-23(21)31-24(17)25(30)28-16-22(29-13-5-6-14-29)18-7-9-19(10-8-18)26(2,3)4;/h7-12,15,22H,5-6,13-14,16H2,1-4H3,(H,28,30);1H. The predicted molar refractivity (Wildman–Crippen MR) is 137 cm³/mol. The lowest BCUT2D eigenvalue weighted by atomic mass is 9.86. The molecule has 1 aromatic heterocycles. The lowest BCUT2D eigenvalue weighted by Crippen LogP contribution is -2.37. The third kappa shape index (κ3) is 5.22. The molecule has 6 heteroatoms. The summed E-state index contributed by atoms with van der Waals surface area (Å²) in [7, 11) is 0. The van der Waals surface area contributed by atoms with Crippen LogP contribution in [0.5, 0.6) is 0 Å². The minimum atomic E-state index is -0.152. The molecule has 1 unspecified atom stereocenters. The maximum Gasteiger partial charge on any atom is 0.287 e. The zero-order valence-corrected chi connectivity index (χ0v) is 21.6. The molecule has 0 aliphatic carbocycles. The minimum Gasteiger partial charge on any atom is -0.451 e. The smallest absolute Gasteiger partial charge is 0.287 e. The van der Waals surface area contributed by atoms with E-state index in [1.165, 1.54) is 24.0 Å². The van der Waals surface area contributed by atoms with Gasteiger partial charge in [0.15, 0.2) is 5.76 Å². The van der Waals surface area contributed by atoms with E-state index in [-0.39, 0.29) is 29.8 Å². The molecule has 1 fully saturated rings. The van der Waals surface area contributed by atoms with Crippen LogP contribution < -0.4 is 5.32 Å². The Morgan fingerprint density at radius 1 is 1.12 bits per heavy atom. The molecular weight excluding hydrogens is 488 g/mol. The number of rotatable bonds is 5. The molecule has 2 heterocycles. The summed E-state index contributed by atoms with van der Waals surface area (Å²) < 4.78 is 6.86. The lowest BCUT2D eigenvalue weighted by Gasteiger charge is -2.29. The Bertz CT molecular complexity index is 1080. The van der Waals surface area contributed by atoms with Crippen LogP contribution in [0.3, 0.4) is 0 Å². The van der Waals surface area contributed by atoms with Crippen LogP contribution in [0.25, 0.3) is 11.0 Å². The molecule has 0 spiro atoms. The first kappa shape index (κ1) is 24.8. The summed E-state index contributed by atoms with van der Waals surface area (Å²) in [6, 6.07) is 14.9. The summed E-state index contributed by atoms with van der Waals surface area (Å²) in [6.07, 6.45) is 2.42. The van der Waals surface area contributed by atoms with E-state index in [4.69, 9.17) is 4.42 Å². The van der Waals surface area contributed by atoms with E-state index in [0.717, 1.165) is 34.1 Å². The molecule has 2 aromatic carbocycles. The Hall–Kier alpha value is -1.82. The van der Waals surface area contributed by atoms with Crippen molar-refractivity contribution in [2.24, 2.45) is 0 Å². The van der Waals surface area contributed by atoms with Crippen LogP contribution in [0.2, 0.25) is 0 Å². The van der Waals surface area contributed by atoms with Gasteiger partial charge in [-0.05, 0) is 67.6 Å². The normalized spacial score (nSPS) is 15.5. The summed E-state index contributed by atoms with van der Waals surface area (Å²) in [5.41, 5.74) is 4.31. The van der Waals surface area contributed by atoms with E-state index in [0.29, 0.717) is 12.3 Å². The molecule has 4 nitrogen and oxygen atoms in total. The van der Waals surface area contributed by atoms with Gasteiger partial charge in [-0.15, -0.1) is 12.4 Å². The number of amides is 1. The summed E-state index contributed by atoms with van der Waals surface area (Å²) in [5.74, 6) is 0.247. The number of carbonyl (C=O) groups is 1. The Labute approximate surface area is 205 Å². The number of carbonyl (C=O) groups excluding carboxylic acids is 1. The SMILES string of the molecule is Cc1c(C(=O)NCC(c2ccc(C(C)(C)C)cc2)N2CCCC2)oc2ccc(Br)cc12.Cl. The maximum absolute atomic E-state index is 13.0. The topological polar surface area (TPSA) is 45.5 Å². The average molecular weight is 520 g/mol. The van der Waals surface area contributed by atoms with Crippen LogP contribution in [0.15, 0.2) is 51.4 Å². The van der Waals surface area contributed by atoms with Gasteiger partial charge in [-0.25, -0.2) is 0 Å². The second-order valence-corrected chi connectivity index (χ2v) is 10.5. The number of nitrogens with zero attached hydrogens (tertiary/aromatic N) is 1. The molecule has 1 atom stereocenters. The van der Waals surface area contributed by atoms with Crippen molar-refractivity contribution in [1.29, 1.82) is 0 Å². The number of furan rings is 1. The molecule has 32 heavy (non-hydrogen) atoms.